The maximum absolute atomic E-state index is 11.9. The Bertz CT molecular complexity index is 540. The second-order valence-electron chi connectivity index (χ2n) is 5.25. The molecular formula is C15H21N3OS. The third kappa shape index (κ3) is 2.66. The maximum atomic E-state index is 11.9. The highest BCUT2D eigenvalue weighted by Crippen LogP contribution is 2.40. The number of carbonyl (C=O) groups excluding carboxylic acids is 1. The summed E-state index contributed by atoms with van der Waals surface area (Å²) in [4.78, 5) is 14.7. The second-order valence-corrected chi connectivity index (χ2v) is 6.25. The number of nitrogens with zero attached hydrogens (tertiary/aromatic N) is 2. The lowest BCUT2D eigenvalue weighted by Crippen LogP contribution is -2.32. The van der Waals surface area contributed by atoms with Crippen LogP contribution in [0.25, 0.3) is 0 Å². The lowest BCUT2D eigenvalue weighted by molar-refractivity contribution is 0.0993. The van der Waals surface area contributed by atoms with Crippen molar-refractivity contribution in [1.29, 1.82) is 5.26 Å². The van der Waals surface area contributed by atoms with Gasteiger partial charge in [-0.2, -0.15) is 5.26 Å². The molecule has 0 unspecified atom stereocenters. The number of anilines is 2. The van der Waals surface area contributed by atoms with Crippen LogP contribution in [0.3, 0.4) is 0 Å². The summed E-state index contributed by atoms with van der Waals surface area (Å²) >= 11 is 1.38. The molecule has 0 aromatic carbocycles. The zero-order chi connectivity index (χ0) is 14.7. The summed E-state index contributed by atoms with van der Waals surface area (Å²) in [5, 5.41) is 10.2. The van der Waals surface area contributed by atoms with E-state index >= 15 is 0 Å². The van der Waals surface area contributed by atoms with Crippen molar-refractivity contribution in [3.8, 4) is 6.07 Å². The first-order valence-corrected chi connectivity index (χ1v) is 8.04. The quantitative estimate of drug-likeness (QED) is 0.815. The highest BCUT2D eigenvalue weighted by atomic mass is 32.1. The molecule has 1 saturated carbocycles. The Morgan fingerprint density at radius 3 is 2.65 bits per heavy atom. The number of nitrogen functional groups attached to an aromatic ring is 1. The molecule has 108 valence electrons. The second kappa shape index (κ2) is 6.27. The standard InChI is InChI=1S/C15H21N3OS/c1-3-12(19)14-13(17)11(8-16)15(20-14)18(4-2)9-10-6-5-7-10/h10H,3-7,9,17H2,1-2H3. The number of Topliss-reactive ketones (excluding diaryl/α,β-unsaturated/α-hetero) is 1. The minimum absolute atomic E-state index is 0.0231. The summed E-state index contributed by atoms with van der Waals surface area (Å²) in [6.45, 7) is 5.70. The summed E-state index contributed by atoms with van der Waals surface area (Å²) in [6.07, 6.45) is 4.25. The van der Waals surface area contributed by atoms with E-state index in [9.17, 15) is 10.1 Å². The number of rotatable bonds is 6. The maximum Gasteiger partial charge on any atom is 0.174 e. The van der Waals surface area contributed by atoms with Crippen LogP contribution in [0.15, 0.2) is 0 Å². The third-order valence-corrected chi connectivity index (χ3v) is 5.29. The summed E-state index contributed by atoms with van der Waals surface area (Å²) in [5.74, 6) is 0.741. The van der Waals surface area contributed by atoms with E-state index < -0.39 is 0 Å². The van der Waals surface area contributed by atoms with Crippen molar-refractivity contribution >= 4 is 27.8 Å². The molecule has 0 spiro atoms. The van der Waals surface area contributed by atoms with Gasteiger partial charge in [0, 0.05) is 19.5 Å². The van der Waals surface area contributed by atoms with Gasteiger partial charge in [-0.3, -0.25) is 4.79 Å². The van der Waals surface area contributed by atoms with Gasteiger partial charge < -0.3 is 10.6 Å². The number of carbonyl (C=O) groups is 1. The van der Waals surface area contributed by atoms with Crippen LogP contribution in [0.4, 0.5) is 10.7 Å². The van der Waals surface area contributed by atoms with E-state index in [1.165, 1.54) is 30.6 Å². The highest BCUT2D eigenvalue weighted by molar-refractivity contribution is 7.19. The van der Waals surface area contributed by atoms with Gasteiger partial charge in [0.15, 0.2) is 5.78 Å². The van der Waals surface area contributed by atoms with Gasteiger partial charge in [0.05, 0.1) is 10.6 Å². The van der Waals surface area contributed by atoms with Crippen molar-refractivity contribution in [2.75, 3.05) is 23.7 Å². The van der Waals surface area contributed by atoms with Crippen LogP contribution in [-0.4, -0.2) is 18.9 Å². The molecule has 4 nitrogen and oxygen atoms in total. The van der Waals surface area contributed by atoms with E-state index in [1.807, 2.05) is 6.92 Å². The number of nitriles is 1. The molecule has 0 amide bonds. The number of hydrogen-bond acceptors (Lipinski definition) is 5. The molecule has 1 fully saturated rings. The average molecular weight is 291 g/mol. The van der Waals surface area contributed by atoms with Crippen molar-refractivity contribution in [3.63, 3.8) is 0 Å². The summed E-state index contributed by atoms with van der Waals surface area (Å²) in [7, 11) is 0. The predicted molar refractivity (Wildman–Crippen MR) is 83.3 cm³/mol. The predicted octanol–water partition coefficient (Wildman–Crippen LogP) is 3.42. The first-order chi connectivity index (χ1) is 9.62. The molecular weight excluding hydrogens is 270 g/mol. The van der Waals surface area contributed by atoms with E-state index in [0.29, 0.717) is 22.5 Å². The Morgan fingerprint density at radius 1 is 1.50 bits per heavy atom. The van der Waals surface area contributed by atoms with Crippen LogP contribution in [-0.2, 0) is 0 Å². The summed E-state index contributed by atoms with van der Waals surface area (Å²) in [6, 6.07) is 2.18. The first-order valence-electron chi connectivity index (χ1n) is 7.22. The Morgan fingerprint density at radius 2 is 2.20 bits per heavy atom. The van der Waals surface area contributed by atoms with E-state index in [4.69, 9.17) is 5.73 Å². The van der Waals surface area contributed by atoms with E-state index in [-0.39, 0.29) is 5.78 Å². The Labute approximate surface area is 124 Å². The molecule has 1 aliphatic carbocycles. The zero-order valence-electron chi connectivity index (χ0n) is 12.1. The van der Waals surface area contributed by atoms with Crippen molar-refractivity contribution in [3.05, 3.63) is 10.4 Å². The molecule has 1 aromatic heterocycles. The topological polar surface area (TPSA) is 70.1 Å². The molecule has 0 saturated heterocycles. The lowest BCUT2D eigenvalue weighted by Gasteiger charge is -2.32. The van der Waals surface area contributed by atoms with E-state index in [1.54, 1.807) is 0 Å². The average Bonchev–Trinajstić information content (AvgIpc) is 2.74. The van der Waals surface area contributed by atoms with E-state index in [0.717, 1.165) is 24.0 Å². The van der Waals surface area contributed by atoms with Gasteiger partial charge in [0.2, 0.25) is 0 Å². The van der Waals surface area contributed by atoms with Crippen molar-refractivity contribution in [1.82, 2.24) is 0 Å². The molecule has 1 aliphatic rings. The van der Waals surface area contributed by atoms with Crippen LogP contribution >= 0.6 is 11.3 Å². The number of thiophene rings is 1. The number of hydrogen-bond donors (Lipinski definition) is 1. The normalized spacial score (nSPS) is 14.7. The Kier molecular flexibility index (Phi) is 4.66. The molecule has 5 heteroatoms. The number of ketones is 1. The van der Waals surface area contributed by atoms with Crippen LogP contribution in [0.5, 0.6) is 0 Å². The van der Waals surface area contributed by atoms with Crippen LogP contribution in [0.2, 0.25) is 0 Å². The minimum atomic E-state index is 0.0231. The molecule has 2 N–H and O–H groups in total. The first kappa shape index (κ1) is 14.9. The molecule has 1 aromatic rings. The number of nitrogens with two attached hydrogens (primary N) is 1. The molecule has 2 rings (SSSR count). The molecule has 0 aliphatic heterocycles. The van der Waals surface area contributed by atoms with Gasteiger partial charge in [-0.15, -0.1) is 11.3 Å². The summed E-state index contributed by atoms with van der Waals surface area (Å²) in [5.41, 5.74) is 6.85. The molecule has 20 heavy (non-hydrogen) atoms. The fourth-order valence-electron chi connectivity index (χ4n) is 2.47. The van der Waals surface area contributed by atoms with E-state index in [2.05, 4.69) is 17.9 Å². The monoisotopic (exact) mass is 291 g/mol. The SMILES string of the molecule is CCC(=O)c1sc(N(CC)CC2CCC2)c(C#N)c1N. The largest absolute Gasteiger partial charge is 0.396 e. The van der Waals surface area contributed by atoms with Gasteiger partial charge >= 0.3 is 0 Å². The van der Waals surface area contributed by atoms with Crippen molar-refractivity contribution in [2.24, 2.45) is 5.92 Å². The van der Waals surface area contributed by atoms with Gasteiger partial charge in [-0.05, 0) is 25.7 Å². The van der Waals surface area contributed by atoms with Crippen LogP contribution in [0.1, 0.15) is 54.8 Å². The third-order valence-electron chi connectivity index (χ3n) is 3.99. The fourth-order valence-corrected chi connectivity index (χ4v) is 3.73. The summed E-state index contributed by atoms with van der Waals surface area (Å²) < 4.78 is 0. The van der Waals surface area contributed by atoms with Crippen molar-refractivity contribution in [2.45, 2.75) is 39.5 Å². The molecule has 0 atom stereocenters. The lowest BCUT2D eigenvalue weighted by atomic mass is 9.85. The zero-order valence-corrected chi connectivity index (χ0v) is 12.9. The Balaban J connectivity index is 2.33. The minimum Gasteiger partial charge on any atom is -0.396 e. The van der Waals surface area contributed by atoms with Gasteiger partial charge in [-0.1, -0.05) is 13.3 Å². The van der Waals surface area contributed by atoms with Gasteiger partial charge in [-0.25, -0.2) is 0 Å². The molecule has 1 heterocycles. The molecule has 0 radical (unpaired) electrons. The van der Waals surface area contributed by atoms with Crippen LogP contribution in [0, 0.1) is 17.2 Å². The van der Waals surface area contributed by atoms with Gasteiger partial charge in [0.1, 0.15) is 16.6 Å². The molecule has 0 bridgehead atoms. The smallest absolute Gasteiger partial charge is 0.174 e. The van der Waals surface area contributed by atoms with Gasteiger partial charge in [0.25, 0.3) is 0 Å². The highest BCUT2D eigenvalue weighted by Gasteiger charge is 2.26. The van der Waals surface area contributed by atoms with Crippen LogP contribution < -0.4 is 10.6 Å². The Hall–Kier alpha value is -1.54. The fraction of sp³-hybridized carbons (Fsp3) is 0.600. The van der Waals surface area contributed by atoms with Crippen molar-refractivity contribution < 1.29 is 4.79 Å².